The van der Waals surface area contributed by atoms with Gasteiger partial charge in [-0.15, -0.1) is 0 Å². The van der Waals surface area contributed by atoms with Gasteiger partial charge >= 0.3 is 0 Å². The summed E-state index contributed by atoms with van der Waals surface area (Å²) >= 11 is 0. The van der Waals surface area contributed by atoms with Gasteiger partial charge in [-0.1, -0.05) is 0 Å². The molecule has 1 aromatic carbocycles. The summed E-state index contributed by atoms with van der Waals surface area (Å²) in [5.74, 6) is -1.96. The highest BCUT2D eigenvalue weighted by molar-refractivity contribution is 5.85. The fraction of sp³-hybridized carbons (Fsp3) is 0.304. The fourth-order valence-electron chi connectivity index (χ4n) is 3.70. The van der Waals surface area contributed by atoms with E-state index in [2.05, 4.69) is 15.0 Å². The number of morpholine rings is 1. The lowest BCUT2D eigenvalue weighted by Gasteiger charge is -2.43. The predicted molar refractivity (Wildman–Crippen MR) is 116 cm³/mol. The molecule has 11 heteroatoms. The Hall–Kier alpha value is -3.70. The number of pyridine rings is 1. The second kappa shape index (κ2) is 9.65. The van der Waals surface area contributed by atoms with Gasteiger partial charge in [-0.2, -0.15) is 0 Å². The Morgan fingerprint density at radius 3 is 2.56 bits per heavy atom. The largest absolute Gasteiger partial charge is 0.481 e. The number of methoxy groups -OCH3 is 1. The Labute approximate surface area is 194 Å². The molecule has 1 saturated heterocycles. The van der Waals surface area contributed by atoms with Crippen molar-refractivity contribution in [1.29, 1.82) is 0 Å². The van der Waals surface area contributed by atoms with Crippen molar-refractivity contribution in [3.05, 3.63) is 71.8 Å². The molecule has 1 aliphatic rings. The molecule has 0 radical (unpaired) electrons. The van der Waals surface area contributed by atoms with Gasteiger partial charge in [0.25, 0.3) is 0 Å². The van der Waals surface area contributed by atoms with Gasteiger partial charge in [0, 0.05) is 37.0 Å². The molecule has 178 valence electrons. The molecule has 1 amide bonds. The van der Waals surface area contributed by atoms with E-state index >= 15 is 0 Å². The van der Waals surface area contributed by atoms with Gasteiger partial charge in [0.05, 0.1) is 37.9 Å². The number of aromatic nitrogens is 3. The van der Waals surface area contributed by atoms with Gasteiger partial charge in [-0.3, -0.25) is 14.7 Å². The molecule has 3 heterocycles. The number of rotatable bonds is 7. The van der Waals surface area contributed by atoms with Gasteiger partial charge in [0.2, 0.25) is 17.7 Å². The number of benzene rings is 1. The molecule has 3 aromatic rings. The van der Waals surface area contributed by atoms with Crippen molar-refractivity contribution >= 4 is 5.91 Å². The summed E-state index contributed by atoms with van der Waals surface area (Å²) < 4.78 is 43.3. The molecule has 2 N–H and O–H groups in total. The minimum absolute atomic E-state index is 0.0229. The molecule has 34 heavy (non-hydrogen) atoms. The van der Waals surface area contributed by atoms with Crippen LogP contribution in [-0.4, -0.2) is 52.6 Å². The first-order valence-corrected chi connectivity index (χ1v) is 10.4. The van der Waals surface area contributed by atoms with Crippen LogP contribution >= 0.6 is 0 Å². The third-order valence-corrected chi connectivity index (χ3v) is 5.75. The summed E-state index contributed by atoms with van der Waals surface area (Å²) in [6.45, 7) is 2.81. The maximum atomic E-state index is 13.9. The van der Waals surface area contributed by atoms with E-state index < -0.39 is 23.1 Å². The number of carbonyl (C=O) groups is 1. The fourth-order valence-corrected chi connectivity index (χ4v) is 3.70. The van der Waals surface area contributed by atoms with E-state index in [1.807, 2.05) is 11.0 Å². The van der Waals surface area contributed by atoms with Gasteiger partial charge in [0.1, 0.15) is 11.4 Å². The van der Waals surface area contributed by atoms with E-state index in [0.717, 1.165) is 17.7 Å². The molecule has 0 bridgehead atoms. The summed E-state index contributed by atoms with van der Waals surface area (Å²) in [6, 6.07) is 6.50. The third kappa shape index (κ3) is 4.66. The lowest BCUT2D eigenvalue weighted by Crippen LogP contribution is -2.57. The van der Waals surface area contributed by atoms with Crippen LogP contribution in [0.3, 0.4) is 0 Å². The zero-order valence-electron chi connectivity index (χ0n) is 18.6. The van der Waals surface area contributed by atoms with E-state index in [9.17, 15) is 13.6 Å². The highest BCUT2D eigenvalue weighted by atomic mass is 19.1. The van der Waals surface area contributed by atoms with Crippen LogP contribution < -0.4 is 15.2 Å². The van der Waals surface area contributed by atoms with Crippen LogP contribution in [0.15, 0.2) is 48.9 Å². The molecular weight excluding hydrogens is 448 g/mol. The van der Waals surface area contributed by atoms with Crippen molar-refractivity contribution in [3.63, 3.8) is 0 Å². The molecule has 0 saturated carbocycles. The summed E-state index contributed by atoms with van der Waals surface area (Å²) in [7, 11) is 1.53. The molecule has 9 nitrogen and oxygen atoms in total. The second-order valence-corrected chi connectivity index (χ2v) is 7.79. The third-order valence-electron chi connectivity index (χ3n) is 5.75. The Morgan fingerprint density at radius 2 is 1.94 bits per heavy atom. The summed E-state index contributed by atoms with van der Waals surface area (Å²) in [4.78, 5) is 27.2. The van der Waals surface area contributed by atoms with Gasteiger partial charge in [-0.25, -0.2) is 18.7 Å². The predicted octanol–water partition coefficient (Wildman–Crippen LogP) is 2.72. The highest BCUT2D eigenvalue weighted by Gasteiger charge is 2.44. The number of halogens is 2. The van der Waals surface area contributed by atoms with Crippen LogP contribution in [-0.2, 0) is 15.1 Å². The van der Waals surface area contributed by atoms with E-state index in [4.69, 9.17) is 19.9 Å². The molecule has 1 aliphatic heterocycles. The van der Waals surface area contributed by atoms with Crippen LogP contribution in [0, 0.1) is 11.6 Å². The molecule has 1 fully saturated rings. The lowest BCUT2D eigenvalue weighted by molar-refractivity contribution is -0.137. The van der Waals surface area contributed by atoms with Crippen LogP contribution in [0.25, 0.3) is 0 Å². The van der Waals surface area contributed by atoms with Gasteiger partial charge in [0.15, 0.2) is 11.6 Å². The molecule has 2 aromatic heterocycles. The van der Waals surface area contributed by atoms with Crippen molar-refractivity contribution in [2.45, 2.75) is 18.6 Å². The topological polar surface area (TPSA) is 113 Å². The van der Waals surface area contributed by atoms with E-state index in [-0.39, 0.29) is 17.7 Å². The maximum absolute atomic E-state index is 13.9. The number of nitrogens with zero attached hydrogens (tertiary/aromatic N) is 4. The van der Waals surface area contributed by atoms with Crippen molar-refractivity contribution in [1.82, 2.24) is 19.9 Å². The van der Waals surface area contributed by atoms with E-state index in [1.165, 1.54) is 19.5 Å². The van der Waals surface area contributed by atoms with Crippen LogP contribution in [0.5, 0.6) is 17.5 Å². The van der Waals surface area contributed by atoms with Crippen molar-refractivity contribution < 1.29 is 27.8 Å². The number of hydrogen-bond acceptors (Lipinski definition) is 8. The Morgan fingerprint density at radius 1 is 1.15 bits per heavy atom. The zero-order chi connectivity index (χ0) is 24.3. The summed E-state index contributed by atoms with van der Waals surface area (Å²) in [5, 5.41) is 0. The van der Waals surface area contributed by atoms with Crippen LogP contribution in [0.2, 0.25) is 0 Å². The molecule has 0 spiro atoms. The monoisotopic (exact) mass is 471 g/mol. The SMILES string of the molecule is COc1ccc([C@H]2CN([C@](C)(C(N)=O)c3cnc(Oc4ccc(F)cc4F)cn3)CCO2)cn1. The van der Waals surface area contributed by atoms with Crippen molar-refractivity contribution in [2.24, 2.45) is 5.73 Å². The van der Waals surface area contributed by atoms with Gasteiger partial charge in [-0.05, 0) is 25.1 Å². The normalized spacial score (nSPS) is 18.2. The highest BCUT2D eigenvalue weighted by Crippen LogP contribution is 2.33. The Balaban J connectivity index is 1.55. The first-order chi connectivity index (χ1) is 16.3. The first-order valence-electron chi connectivity index (χ1n) is 10.4. The molecule has 4 rings (SSSR count). The smallest absolute Gasteiger partial charge is 0.243 e. The second-order valence-electron chi connectivity index (χ2n) is 7.79. The number of carbonyl (C=O) groups excluding carboxylic acids is 1. The molecule has 2 atom stereocenters. The average molecular weight is 471 g/mol. The van der Waals surface area contributed by atoms with Crippen LogP contribution in [0.1, 0.15) is 24.3 Å². The van der Waals surface area contributed by atoms with E-state index in [1.54, 1.807) is 19.2 Å². The lowest BCUT2D eigenvalue weighted by atomic mass is 9.93. The standard InChI is InChI=1S/C23H23F2N5O4/c1-23(22(26)31,30-7-8-33-18(13-30)14-3-6-20(32-2)28-10-14)19-11-29-21(12-27-19)34-17-5-4-15(24)9-16(17)25/h3-6,9-12,18H,7-8,13H2,1-2H3,(H2,26,31)/t18-,23+/m1/s1. The number of ether oxygens (including phenoxy) is 3. The van der Waals surface area contributed by atoms with E-state index in [0.29, 0.717) is 37.3 Å². The number of primary amides is 1. The minimum Gasteiger partial charge on any atom is -0.481 e. The minimum atomic E-state index is -1.30. The van der Waals surface area contributed by atoms with Crippen molar-refractivity contribution in [3.8, 4) is 17.5 Å². The maximum Gasteiger partial charge on any atom is 0.243 e. The summed E-state index contributed by atoms with van der Waals surface area (Å²) in [6.07, 6.45) is 3.92. The number of nitrogens with two attached hydrogens (primary N) is 1. The Bertz CT molecular complexity index is 1160. The first kappa shape index (κ1) is 23.5. The number of hydrogen-bond donors (Lipinski definition) is 1. The molecule has 0 unspecified atom stereocenters. The Kier molecular flexibility index (Phi) is 6.66. The molecular formula is C23H23F2N5O4. The zero-order valence-corrected chi connectivity index (χ0v) is 18.6. The van der Waals surface area contributed by atoms with Crippen LogP contribution in [0.4, 0.5) is 8.78 Å². The quantitative estimate of drug-likeness (QED) is 0.560. The molecule has 0 aliphatic carbocycles. The number of amides is 1. The summed E-state index contributed by atoms with van der Waals surface area (Å²) in [5.41, 5.74) is 5.64. The van der Waals surface area contributed by atoms with Gasteiger partial charge < -0.3 is 19.9 Å². The van der Waals surface area contributed by atoms with Crippen molar-refractivity contribution in [2.75, 3.05) is 26.8 Å². The average Bonchev–Trinajstić information content (AvgIpc) is 2.85.